The largest absolute Gasteiger partial charge is 0.497 e. The number of methoxy groups -OCH3 is 1. The maximum absolute atomic E-state index is 13.5. The van der Waals surface area contributed by atoms with Gasteiger partial charge in [-0.3, -0.25) is 4.79 Å². The van der Waals surface area contributed by atoms with Crippen molar-refractivity contribution in [3.63, 3.8) is 0 Å². The Morgan fingerprint density at radius 1 is 1.15 bits per heavy atom. The molecule has 4 rings (SSSR count). The van der Waals surface area contributed by atoms with Crippen LogP contribution in [0, 0.1) is 11.7 Å². The summed E-state index contributed by atoms with van der Waals surface area (Å²) in [5.41, 5.74) is 0.648. The number of nitrogens with one attached hydrogen (secondary N) is 1. The predicted molar refractivity (Wildman–Crippen MR) is 126 cm³/mol. The Balaban J connectivity index is 1.43. The number of hydrogen-bond donors (Lipinski definition) is 1. The van der Waals surface area contributed by atoms with E-state index in [0.29, 0.717) is 44.9 Å². The van der Waals surface area contributed by atoms with E-state index < -0.39 is 15.9 Å². The minimum Gasteiger partial charge on any atom is -0.497 e. The zero-order valence-corrected chi connectivity index (χ0v) is 20.2. The second-order valence-corrected chi connectivity index (χ2v) is 10.9. The van der Waals surface area contributed by atoms with E-state index in [1.165, 1.54) is 35.7 Å². The van der Waals surface area contributed by atoms with E-state index >= 15 is 0 Å². The fourth-order valence-corrected chi connectivity index (χ4v) is 6.33. The maximum Gasteiger partial charge on any atom is 0.243 e. The highest BCUT2D eigenvalue weighted by molar-refractivity contribution is 7.89. The van der Waals surface area contributed by atoms with E-state index in [9.17, 15) is 17.6 Å². The van der Waals surface area contributed by atoms with Crippen LogP contribution in [-0.2, 0) is 25.0 Å². The van der Waals surface area contributed by atoms with Crippen LogP contribution in [0.1, 0.15) is 31.2 Å². The third kappa shape index (κ3) is 5.26. The van der Waals surface area contributed by atoms with Crippen LogP contribution < -0.4 is 10.1 Å². The van der Waals surface area contributed by atoms with Gasteiger partial charge in [0.25, 0.3) is 0 Å². The van der Waals surface area contributed by atoms with Crippen molar-refractivity contribution in [3.05, 3.63) is 59.9 Å². The molecule has 0 aliphatic carbocycles. The Bertz CT molecular complexity index is 1080. The number of piperidine rings is 1. The first-order chi connectivity index (χ1) is 16.3. The molecule has 2 fully saturated rings. The molecule has 2 aromatic rings. The summed E-state index contributed by atoms with van der Waals surface area (Å²) >= 11 is 0. The zero-order chi connectivity index (χ0) is 24.2. The van der Waals surface area contributed by atoms with Crippen LogP contribution in [0.4, 0.5) is 4.39 Å². The summed E-state index contributed by atoms with van der Waals surface area (Å²) in [5, 5.41) is 3.08. The predicted octanol–water partition coefficient (Wildman–Crippen LogP) is 3.10. The van der Waals surface area contributed by atoms with Crippen molar-refractivity contribution in [1.82, 2.24) is 9.62 Å². The Hall–Kier alpha value is -2.49. The fourth-order valence-electron chi connectivity index (χ4n) is 4.81. The Morgan fingerprint density at radius 2 is 1.82 bits per heavy atom. The van der Waals surface area contributed by atoms with E-state index in [1.807, 2.05) is 0 Å². The van der Waals surface area contributed by atoms with Crippen LogP contribution in [0.2, 0.25) is 0 Å². The molecule has 34 heavy (non-hydrogen) atoms. The Kier molecular flexibility index (Phi) is 7.54. The Labute approximate surface area is 200 Å². The standard InChI is InChI=1S/C25H31FN2O5S/c1-32-22-8-10-23(11-9-22)34(30,31)28-14-2-3-19(17-28)24(29)27-18-25(12-15-33-16-13-25)20-4-6-21(26)7-5-20/h4-11,19H,2-3,12-18H2,1H3,(H,27,29). The van der Waals surface area contributed by atoms with E-state index in [0.717, 1.165) is 18.4 Å². The summed E-state index contributed by atoms with van der Waals surface area (Å²) in [4.78, 5) is 13.3. The summed E-state index contributed by atoms with van der Waals surface area (Å²) < 4.78 is 51.8. The number of halogens is 1. The highest BCUT2D eigenvalue weighted by atomic mass is 32.2. The highest BCUT2D eigenvalue weighted by Gasteiger charge is 2.37. The first kappa shape index (κ1) is 24.6. The number of rotatable bonds is 7. The molecule has 0 spiro atoms. The van der Waals surface area contributed by atoms with E-state index in [-0.39, 0.29) is 28.6 Å². The molecule has 7 nitrogen and oxygen atoms in total. The van der Waals surface area contributed by atoms with Crippen molar-refractivity contribution >= 4 is 15.9 Å². The van der Waals surface area contributed by atoms with Gasteiger partial charge in [-0.05, 0) is 67.6 Å². The first-order valence-corrected chi connectivity index (χ1v) is 13.0. The molecule has 2 aliphatic rings. The third-order valence-corrected chi connectivity index (χ3v) is 8.84. The molecule has 1 unspecified atom stereocenters. The molecule has 2 heterocycles. The number of carbonyl (C=O) groups excluding carboxylic acids is 1. The molecule has 9 heteroatoms. The molecular formula is C25H31FN2O5S. The number of benzene rings is 2. The average molecular weight is 491 g/mol. The quantitative estimate of drug-likeness (QED) is 0.645. The van der Waals surface area contributed by atoms with Gasteiger partial charge < -0.3 is 14.8 Å². The summed E-state index contributed by atoms with van der Waals surface area (Å²) in [6, 6.07) is 12.7. The van der Waals surface area contributed by atoms with Crippen molar-refractivity contribution in [3.8, 4) is 5.75 Å². The SMILES string of the molecule is COc1ccc(S(=O)(=O)N2CCCC(C(=O)NCC3(c4ccc(F)cc4)CCOCC3)C2)cc1. The third-order valence-electron chi connectivity index (χ3n) is 6.96. The summed E-state index contributed by atoms with van der Waals surface area (Å²) in [7, 11) is -2.18. The van der Waals surface area contributed by atoms with Gasteiger partial charge in [0.1, 0.15) is 11.6 Å². The van der Waals surface area contributed by atoms with Gasteiger partial charge in [0, 0.05) is 38.3 Å². The number of sulfonamides is 1. The lowest BCUT2D eigenvalue weighted by Crippen LogP contribution is -2.49. The second-order valence-electron chi connectivity index (χ2n) is 9.00. The normalized spacial score (nSPS) is 21.1. The van der Waals surface area contributed by atoms with Crippen LogP contribution >= 0.6 is 0 Å². The van der Waals surface area contributed by atoms with E-state index in [4.69, 9.17) is 9.47 Å². The van der Waals surface area contributed by atoms with E-state index in [1.54, 1.807) is 24.3 Å². The van der Waals surface area contributed by atoms with Gasteiger partial charge in [0.15, 0.2) is 0 Å². The van der Waals surface area contributed by atoms with Gasteiger partial charge in [-0.25, -0.2) is 12.8 Å². The fraction of sp³-hybridized carbons (Fsp3) is 0.480. The monoisotopic (exact) mass is 490 g/mol. The summed E-state index contributed by atoms with van der Waals surface area (Å²) in [6.07, 6.45) is 2.70. The molecule has 1 atom stereocenters. The molecule has 184 valence electrons. The van der Waals surface area contributed by atoms with Crippen molar-refractivity contribution in [2.75, 3.05) is 40.0 Å². The molecule has 0 bridgehead atoms. The lowest BCUT2D eigenvalue weighted by atomic mass is 9.74. The van der Waals surface area contributed by atoms with E-state index in [2.05, 4.69) is 5.32 Å². The minimum atomic E-state index is -3.70. The topological polar surface area (TPSA) is 84.9 Å². The smallest absolute Gasteiger partial charge is 0.243 e. The molecule has 2 saturated heterocycles. The van der Waals surface area contributed by atoms with Crippen LogP contribution in [0.15, 0.2) is 53.4 Å². The zero-order valence-electron chi connectivity index (χ0n) is 19.3. The van der Waals surface area contributed by atoms with Crippen molar-refractivity contribution in [1.29, 1.82) is 0 Å². The first-order valence-electron chi connectivity index (χ1n) is 11.6. The van der Waals surface area contributed by atoms with Gasteiger partial charge in [-0.1, -0.05) is 12.1 Å². The summed E-state index contributed by atoms with van der Waals surface area (Å²) in [5.74, 6) is -0.289. The summed E-state index contributed by atoms with van der Waals surface area (Å²) in [6.45, 7) is 2.08. The van der Waals surface area contributed by atoms with Crippen LogP contribution in [0.5, 0.6) is 5.75 Å². The molecule has 1 amide bonds. The average Bonchev–Trinajstić information content (AvgIpc) is 2.88. The number of ether oxygens (including phenoxy) is 2. The lowest BCUT2D eigenvalue weighted by molar-refractivity contribution is -0.126. The van der Waals surface area contributed by atoms with Crippen LogP contribution in [-0.4, -0.2) is 58.6 Å². The molecule has 0 aromatic heterocycles. The minimum absolute atomic E-state index is 0.146. The molecule has 0 saturated carbocycles. The molecule has 1 N–H and O–H groups in total. The van der Waals surface area contributed by atoms with Crippen molar-refractivity contribution < 1.29 is 27.1 Å². The van der Waals surface area contributed by atoms with Gasteiger partial charge >= 0.3 is 0 Å². The highest BCUT2D eigenvalue weighted by Crippen LogP contribution is 2.35. The number of nitrogens with zero attached hydrogens (tertiary/aromatic N) is 1. The number of carbonyl (C=O) groups is 1. The maximum atomic E-state index is 13.5. The van der Waals surface area contributed by atoms with Crippen LogP contribution in [0.3, 0.4) is 0 Å². The lowest BCUT2D eigenvalue weighted by Gasteiger charge is -2.39. The van der Waals surface area contributed by atoms with Gasteiger partial charge in [0.2, 0.25) is 15.9 Å². The molecule has 2 aliphatic heterocycles. The van der Waals surface area contributed by atoms with Crippen LogP contribution in [0.25, 0.3) is 0 Å². The number of amides is 1. The van der Waals surface area contributed by atoms with Crippen molar-refractivity contribution in [2.24, 2.45) is 5.92 Å². The van der Waals surface area contributed by atoms with Gasteiger partial charge in [-0.2, -0.15) is 4.31 Å². The van der Waals surface area contributed by atoms with Crippen molar-refractivity contribution in [2.45, 2.75) is 36.0 Å². The Morgan fingerprint density at radius 3 is 2.47 bits per heavy atom. The molecule has 2 aromatic carbocycles. The molecular weight excluding hydrogens is 459 g/mol. The van der Waals surface area contributed by atoms with Gasteiger partial charge in [0.05, 0.1) is 17.9 Å². The van der Waals surface area contributed by atoms with Gasteiger partial charge in [-0.15, -0.1) is 0 Å². The molecule has 0 radical (unpaired) electrons. The number of hydrogen-bond acceptors (Lipinski definition) is 5. The second kappa shape index (κ2) is 10.4.